The zero-order chi connectivity index (χ0) is 15.8. The van der Waals surface area contributed by atoms with E-state index in [2.05, 4.69) is 97.7 Å². The first-order valence-electron chi connectivity index (χ1n) is 7.26. The quantitative estimate of drug-likeness (QED) is 0.682. The summed E-state index contributed by atoms with van der Waals surface area (Å²) in [5.41, 5.74) is 0. The number of rotatable bonds is 3. The van der Waals surface area contributed by atoms with Crippen molar-refractivity contribution < 1.29 is 5.11 Å². The Morgan fingerprint density at radius 3 is 0.955 bits per heavy atom. The molecule has 0 radical (unpaired) electrons. The second-order valence-corrected chi connectivity index (χ2v) is 8.57. The Kier molecular flexibility index (Phi) is 5.89. The van der Waals surface area contributed by atoms with Crippen LogP contribution >= 0.6 is 7.26 Å². The minimum absolute atomic E-state index is 0.750. The van der Waals surface area contributed by atoms with Crippen LogP contribution in [0.5, 0.6) is 0 Å². The minimum Gasteiger partial charge on any atom is -0.857 e. The van der Waals surface area contributed by atoms with E-state index in [1.807, 2.05) is 0 Å². The third-order valence-corrected chi connectivity index (χ3v) is 7.81. The Bertz CT molecular complexity index is 569. The molecule has 22 heavy (non-hydrogen) atoms. The van der Waals surface area contributed by atoms with Crippen LogP contribution < -0.4 is 21.0 Å². The molecule has 0 fully saturated rings. The van der Waals surface area contributed by atoms with Crippen LogP contribution in [0.1, 0.15) is 0 Å². The molecule has 0 aliphatic carbocycles. The maximum atomic E-state index is 8.25. The van der Waals surface area contributed by atoms with Gasteiger partial charge in [-0.15, -0.1) is 0 Å². The average molecular weight is 308 g/mol. The number of hydrogen-bond acceptors (Lipinski definition) is 1. The number of hydrogen-bond donors (Lipinski definition) is 0. The van der Waals surface area contributed by atoms with Crippen LogP contribution in [0.4, 0.5) is 0 Å². The lowest BCUT2D eigenvalue weighted by Crippen LogP contribution is -2.30. The van der Waals surface area contributed by atoms with Crippen LogP contribution in [0.2, 0.25) is 0 Å². The van der Waals surface area contributed by atoms with E-state index in [0.717, 1.165) is 7.11 Å². The summed E-state index contributed by atoms with van der Waals surface area (Å²) in [6, 6.07) is 32.6. The topological polar surface area (TPSA) is 23.1 Å². The van der Waals surface area contributed by atoms with Crippen molar-refractivity contribution in [2.24, 2.45) is 0 Å². The molecule has 0 amide bonds. The molecule has 0 aliphatic rings. The Labute approximate surface area is 133 Å². The zero-order valence-electron chi connectivity index (χ0n) is 13.0. The number of benzene rings is 3. The van der Waals surface area contributed by atoms with Gasteiger partial charge in [0.1, 0.15) is 23.2 Å². The van der Waals surface area contributed by atoms with Crippen molar-refractivity contribution in [2.45, 2.75) is 0 Å². The maximum Gasteiger partial charge on any atom is 0.109 e. The van der Waals surface area contributed by atoms with Gasteiger partial charge in [0.05, 0.1) is 6.66 Å². The van der Waals surface area contributed by atoms with Gasteiger partial charge in [-0.1, -0.05) is 54.6 Å². The minimum atomic E-state index is -1.53. The summed E-state index contributed by atoms with van der Waals surface area (Å²) in [7, 11) is -0.776. The highest BCUT2D eigenvalue weighted by molar-refractivity contribution is 7.95. The van der Waals surface area contributed by atoms with Crippen LogP contribution in [-0.4, -0.2) is 13.8 Å². The lowest BCUT2D eigenvalue weighted by molar-refractivity contribution is -0.325. The molecule has 0 bridgehead atoms. The normalized spacial score (nSPS) is 10.5. The van der Waals surface area contributed by atoms with Crippen LogP contribution in [0, 0.1) is 0 Å². The molecule has 0 saturated heterocycles. The van der Waals surface area contributed by atoms with E-state index in [0.29, 0.717) is 0 Å². The molecule has 0 atom stereocenters. The fraction of sp³-hybridized carbons (Fsp3) is 0.100. The van der Waals surface area contributed by atoms with Gasteiger partial charge in [0.15, 0.2) is 0 Å². The molecule has 0 saturated carbocycles. The lowest BCUT2D eigenvalue weighted by Gasteiger charge is -2.22. The average Bonchev–Trinajstić information content (AvgIpc) is 2.65. The van der Waals surface area contributed by atoms with Crippen molar-refractivity contribution in [1.82, 2.24) is 0 Å². The predicted molar refractivity (Wildman–Crippen MR) is 97.0 cm³/mol. The molecule has 3 rings (SSSR count). The van der Waals surface area contributed by atoms with Gasteiger partial charge < -0.3 is 5.11 Å². The first-order chi connectivity index (χ1) is 10.8. The second kappa shape index (κ2) is 7.89. The monoisotopic (exact) mass is 308 g/mol. The molecule has 3 aromatic carbocycles. The zero-order valence-corrected chi connectivity index (χ0v) is 13.9. The van der Waals surface area contributed by atoms with Crippen molar-refractivity contribution in [3.63, 3.8) is 0 Å². The van der Waals surface area contributed by atoms with Gasteiger partial charge in [-0.25, -0.2) is 0 Å². The molecule has 1 nitrogen and oxygen atoms in total. The van der Waals surface area contributed by atoms with E-state index < -0.39 is 7.26 Å². The highest BCUT2D eigenvalue weighted by atomic mass is 31.2. The Morgan fingerprint density at radius 1 is 0.500 bits per heavy atom. The van der Waals surface area contributed by atoms with E-state index in [1.54, 1.807) is 0 Å². The molecule has 0 aromatic heterocycles. The third-order valence-electron chi connectivity index (χ3n) is 3.82. The predicted octanol–water partition coefficient (Wildman–Crippen LogP) is 2.59. The summed E-state index contributed by atoms with van der Waals surface area (Å²) >= 11 is 0. The third kappa shape index (κ3) is 3.27. The molecular formula is C20H21OP. The Balaban J connectivity index is 0.000000847. The van der Waals surface area contributed by atoms with E-state index in [4.69, 9.17) is 5.11 Å². The van der Waals surface area contributed by atoms with E-state index in [1.165, 1.54) is 15.9 Å². The van der Waals surface area contributed by atoms with Crippen LogP contribution in [0.25, 0.3) is 0 Å². The second-order valence-electron chi connectivity index (χ2n) is 5.01. The Morgan fingerprint density at radius 2 is 0.727 bits per heavy atom. The summed E-state index contributed by atoms with van der Waals surface area (Å²) in [6.07, 6.45) is 0. The van der Waals surface area contributed by atoms with Gasteiger partial charge in [-0.2, -0.15) is 7.11 Å². The molecule has 0 aliphatic heterocycles. The van der Waals surface area contributed by atoms with Crippen LogP contribution in [-0.2, 0) is 0 Å². The molecule has 3 aromatic rings. The van der Waals surface area contributed by atoms with Crippen LogP contribution in [0.3, 0.4) is 0 Å². The first-order valence-corrected chi connectivity index (χ1v) is 9.49. The van der Waals surface area contributed by atoms with Crippen molar-refractivity contribution in [3.05, 3.63) is 91.0 Å². The van der Waals surface area contributed by atoms with Gasteiger partial charge in [0, 0.05) is 0 Å². The molecule has 0 unspecified atom stereocenters. The van der Waals surface area contributed by atoms with Gasteiger partial charge in [0.25, 0.3) is 0 Å². The van der Waals surface area contributed by atoms with Crippen molar-refractivity contribution in [3.8, 4) is 0 Å². The molecular weight excluding hydrogens is 287 g/mol. The van der Waals surface area contributed by atoms with Crippen molar-refractivity contribution in [2.75, 3.05) is 13.8 Å². The highest BCUT2D eigenvalue weighted by Crippen LogP contribution is 2.51. The SMILES string of the molecule is C[O-].C[P+](c1ccccc1)(c1ccccc1)c1ccccc1. The van der Waals surface area contributed by atoms with E-state index in [9.17, 15) is 0 Å². The maximum absolute atomic E-state index is 8.25. The van der Waals surface area contributed by atoms with E-state index in [-0.39, 0.29) is 0 Å². The molecule has 0 heterocycles. The van der Waals surface area contributed by atoms with Crippen molar-refractivity contribution >= 4 is 23.2 Å². The fourth-order valence-electron chi connectivity index (χ4n) is 2.63. The molecule has 0 spiro atoms. The summed E-state index contributed by atoms with van der Waals surface area (Å²) in [4.78, 5) is 0. The summed E-state index contributed by atoms with van der Waals surface area (Å²) in [6.45, 7) is 2.41. The molecule has 2 heteroatoms. The fourth-order valence-corrected chi connectivity index (χ4v) is 5.83. The van der Waals surface area contributed by atoms with Gasteiger partial charge in [0.2, 0.25) is 0 Å². The van der Waals surface area contributed by atoms with Gasteiger partial charge >= 0.3 is 0 Å². The Hall–Kier alpha value is -1.95. The van der Waals surface area contributed by atoms with Gasteiger partial charge in [-0.05, 0) is 36.4 Å². The molecule has 112 valence electrons. The highest BCUT2D eigenvalue weighted by Gasteiger charge is 2.39. The van der Waals surface area contributed by atoms with E-state index >= 15 is 0 Å². The van der Waals surface area contributed by atoms with Gasteiger partial charge in [-0.3, -0.25) is 0 Å². The van der Waals surface area contributed by atoms with Crippen LogP contribution in [0.15, 0.2) is 91.0 Å². The largest absolute Gasteiger partial charge is 0.857 e. The standard InChI is InChI=1S/C19H18P.CH3O/c1-20(17-11-5-2-6-12-17,18-13-7-3-8-14-18)19-15-9-4-10-16-19;1-2/h2-16H,1H3;1H3/q+1;-1. The molecule has 0 N–H and O–H groups in total. The first kappa shape index (κ1) is 16.4. The smallest absolute Gasteiger partial charge is 0.109 e. The summed E-state index contributed by atoms with van der Waals surface area (Å²) in [5.74, 6) is 0. The summed E-state index contributed by atoms with van der Waals surface area (Å²) < 4.78 is 0. The lowest BCUT2D eigenvalue weighted by atomic mass is 10.4. The van der Waals surface area contributed by atoms with Crippen molar-refractivity contribution in [1.29, 1.82) is 0 Å². The summed E-state index contributed by atoms with van der Waals surface area (Å²) in [5, 5.41) is 12.5.